The molecule has 29 heavy (non-hydrogen) atoms. The summed E-state index contributed by atoms with van der Waals surface area (Å²) in [5.41, 5.74) is 2.64. The van der Waals surface area contributed by atoms with E-state index in [1.54, 1.807) is 51.1 Å². The highest BCUT2D eigenvalue weighted by Crippen LogP contribution is 2.23. The monoisotopic (exact) mass is 415 g/mol. The number of rotatable bonds is 5. The number of hydrogen-bond donors (Lipinski definition) is 2. The fourth-order valence-electron chi connectivity index (χ4n) is 2.65. The van der Waals surface area contributed by atoms with Gasteiger partial charge in [0.25, 0.3) is 5.91 Å². The molecular weight excluding hydrogens is 397 g/mol. The lowest BCUT2D eigenvalue weighted by Crippen LogP contribution is -2.21. The average Bonchev–Trinajstić information content (AvgIpc) is 3.02. The molecule has 0 saturated carbocycles. The summed E-state index contributed by atoms with van der Waals surface area (Å²) < 4.78 is 14.9. The first kappa shape index (κ1) is 20.5. The van der Waals surface area contributed by atoms with Gasteiger partial charge in [-0.15, -0.1) is 5.10 Å². The minimum Gasteiger partial charge on any atom is -0.324 e. The van der Waals surface area contributed by atoms with E-state index in [2.05, 4.69) is 20.9 Å². The molecule has 0 fully saturated rings. The van der Waals surface area contributed by atoms with Crippen molar-refractivity contribution >= 4 is 34.8 Å². The Bertz CT molecular complexity index is 1100. The minimum absolute atomic E-state index is 0.0959. The van der Waals surface area contributed by atoms with Crippen LogP contribution < -0.4 is 10.6 Å². The van der Waals surface area contributed by atoms with Crippen molar-refractivity contribution in [2.75, 3.05) is 10.6 Å². The van der Waals surface area contributed by atoms with Gasteiger partial charge in [0.15, 0.2) is 5.69 Å². The number of aryl methyl sites for hydroxylation is 1. The molecule has 0 aliphatic heterocycles. The largest absolute Gasteiger partial charge is 0.324 e. The van der Waals surface area contributed by atoms with E-state index in [1.165, 1.54) is 10.7 Å². The van der Waals surface area contributed by atoms with Crippen LogP contribution in [0.25, 0.3) is 0 Å². The molecule has 150 valence electrons. The molecule has 1 heterocycles. The van der Waals surface area contributed by atoms with Crippen LogP contribution in [-0.2, 0) is 11.3 Å². The number of nitrogens with one attached hydrogen (secondary N) is 2. The molecule has 0 saturated heterocycles. The van der Waals surface area contributed by atoms with E-state index < -0.39 is 17.6 Å². The van der Waals surface area contributed by atoms with Crippen LogP contribution in [0, 0.1) is 26.6 Å². The highest BCUT2D eigenvalue weighted by molar-refractivity contribution is 6.31. The number of halogens is 2. The van der Waals surface area contributed by atoms with Crippen molar-refractivity contribution in [2.45, 2.75) is 27.3 Å². The number of carbonyl (C=O) groups excluding carboxylic acids is 2. The molecule has 0 aliphatic carbocycles. The Morgan fingerprint density at radius 3 is 2.62 bits per heavy atom. The Balaban J connectivity index is 1.69. The van der Waals surface area contributed by atoms with E-state index in [0.717, 1.165) is 5.56 Å². The van der Waals surface area contributed by atoms with E-state index in [9.17, 15) is 14.0 Å². The number of benzene rings is 2. The molecule has 0 spiro atoms. The Kier molecular flexibility index (Phi) is 5.93. The van der Waals surface area contributed by atoms with Crippen molar-refractivity contribution in [2.24, 2.45) is 0 Å². The SMILES string of the molecule is Cc1ccc(NC(=O)Cn2nnc(C(=O)Nc3cccc(Cl)c3C)c2C)cc1F. The van der Waals surface area contributed by atoms with Crippen LogP contribution in [0.2, 0.25) is 5.02 Å². The first-order valence-corrected chi connectivity index (χ1v) is 9.16. The van der Waals surface area contributed by atoms with Crippen molar-refractivity contribution in [3.63, 3.8) is 0 Å². The lowest BCUT2D eigenvalue weighted by Gasteiger charge is -2.09. The molecule has 3 rings (SSSR count). The third-order valence-electron chi connectivity index (χ3n) is 4.46. The predicted molar refractivity (Wildman–Crippen MR) is 109 cm³/mol. The maximum atomic E-state index is 13.6. The molecule has 0 aliphatic rings. The van der Waals surface area contributed by atoms with Gasteiger partial charge >= 0.3 is 0 Å². The second kappa shape index (κ2) is 8.40. The maximum absolute atomic E-state index is 13.6. The van der Waals surface area contributed by atoms with Crippen LogP contribution in [0.3, 0.4) is 0 Å². The highest BCUT2D eigenvalue weighted by atomic mass is 35.5. The van der Waals surface area contributed by atoms with Crippen LogP contribution in [0.4, 0.5) is 15.8 Å². The van der Waals surface area contributed by atoms with E-state index in [4.69, 9.17) is 11.6 Å². The first-order chi connectivity index (χ1) is 13.8. The third-order valence-corrected chi connectivity index (χ3v) is 4.87. The zero-order chi connectivity index (χ0) is 21.1. The van der Waals surface area contributed by atoms with Gasteiger partial charge in [0.1, 0.15) is 12.4 Å². The summed E-state index contributed by atoms with van der Waals surface area (Å²) in [4.78, 5) is 24.8. The summed E-state index contributed by atoms with van der Waals surface area (Å²) in [6, 6.07) is 9.61. The number of nitrogens with zero attached hydrogens (tertiary/aromatic N) is 3. The zero-order valence-corrected chi connectivity index (χ0v) is 16.8. The summed E-state index contributed by atoms with van der Waals surface area (Å²) in [5, 5.41) is 13.6. The molecule has 2 amide bonds. The van der Waals surface area contributed by atoms with Crippen LogP contribution in [0.5, 0.6) is 0 Å². The van der Waals surface area contributed by atoms with E-state index in [-0.39, 0.29) is 12.2 Å². The smallest absolute Gasteiger partial charge is 0.278 e. The molecule has 0 radical (unpaired) electrons. The normalized spacial score (nSPS) is 10.7. The van der Waals surface area contributed by atoms with E-state index in [1.807, 2.05) is 0 Å². The van der Waals surface area contributed by atoms with Crippen molar-refractivity contribution in [1.82, 2.24) is 15.0 Å². The van der Waals surface area contributed by atoms with Gasteiger partial charge in [0.05, 0.1) is 5.69 Å². The van der Waals surface area contributed by atoms with Gasteiger partial charge in [0, 0.05) is 16.4 Å². The summed E-state index contributed by atoms with van der Waals surface area (Å²) in [5.74, 6) is -1.28. The lowest BCUT2D eigenvalue weighted by molar-refractivity contribution is -0.117. The van der Waals surface area contributed by atoms with Crippen LogP contribution in [0.1, 0.15) is 27.3 Å². The topological polar surface area (TPSA) is 88.9 Å². The zero-order valence-electron chi connectivity index (χ0n) is 16.1. The van der Waals surface area contributed by atoms with Gasteiger partial charge in [-0.2, -0.15) is 0 Å². The third kappa shape index (κ3) is 4.60. The molecular formula is C20H19ClFN5O2. The quantitative estimate of drug-likeness (QED) is 0.661. The number of amides is 2. The van der Waals surface area contributed by atoms with Gasteiger partial charge in [-0.1, -0.05) is 28.9 Å². The molecule has 2 N–H and O–H groups in total. The van der Waals surface area contributed by atoms with Crippen molar-refractivity contribution in [1.29, 1.82) is 0 Å². The minimum atomic E-state index is -0.458. The highest BCUT2D eigenvalue weighted by Gasteiger charge is 2.19. The second-order valence-electron chi connectivity index (χ2n) is 6.56. The molecule has 7 nitrogen and oxygen atoms in total. The number of hydrogen-bond acceptors (Lipinski definition) is 4. The molecule has 0 bridgehead atoms. The van der Waals surface area contributed by atoms with Gasteiger partial charge in [0.2, 0.25) is 5.91 Å². The Hall–Kier alpha value is -3.26. The predicted octanol–water partition coefficient (Wildman–Crippen LogP) is 3.89. The Labute approximate surface area is 171 Å². The molecule has 0 unspecified atom stereocenters. The first-order valence-electron chi connectivity index (χ1n) is 8.79. The molecule has 1 aromatic heterocycles. The molecule has 2 aromatic carbocycles. The molecule has 9 heteroatoms. The lowest BCUT2D eigenvalue weighted by atomic mass is 10.2. The van der Waals surface area contributed by atoms with Gasteiger partial charge in [-0.05, 0) is 56.2 Å². The number of anilines is 2. The van der Waals surface area contributed by atoms with Gasteiger partial charge in [-0.25, -0.2) is 9.07 Å². The van der Waals surface area contributed by atoms with Crippen LogP contribution in [-0.4, -0.2) is 26.8 Å². The molecule has 3 aromatic rings. The number of carbonyl (C=O) groups is 2. The van der Waals surface area contributed by atoms with E-state index >= 15 is 0 Å². The van der Waals surface area contributed by atoms with Crippen molar-refractivity contribution in [3.8, 4) is 0 Å². The second-order valence-corrected chi connectivity index (χ2v) is 6.97. The standard InChI is InChI=1S/C20H19ClFN5O2/c1-11-7-8-14(9-16(11)22)23-18(28)10-27-13(3)19(25-26-27)20(29)24-17-6-4-5-15(21)12(17)2/h4-9H,10H2,1-3H3,(H,23,28)(H,24,29). The van der Waals surface area contributed by atoms with Gasteiger partial charge in [-0.3, -0.25) is 9.59 Å². The summed E-state index contributed by atoms with van der Waals surface area (Å²) in [6.45, 7) is 4.90. The van der Waals surface area contributed by atoms with Gasteiger partial charge < -0.3 is 10.6 Å². The van der Waals surface area contributed by atoms with Crippen molar-refractivity contribution < 1.29 is 14.0 Å². The summed E-state index contributed by atoms with van der Waals surface area (Å²) in [6.07, 6.45) is 0. The summed E-state index contributed by atoms with van der Waals surface area (Å²) >= 11 is 6.07. The van der Waals surface area contributed by atoms with Crippen LogP contribution >= 0.6 is 11.6 Å². The summed E-state index contributed by atoms with van der Waals surface area (Å²) in [7, 11) is 0. The Morgan fingerprint density at radius 1 is 1.14 bits per heavy atom. The van der Waals surface area contributed by atoms with E-state index in [0.29, 0.717) is 27.7 Å². The van der Waals surface area contributed by atoms with Crippen molar-refractivity contribution in [3.05, 3.63) is 69.8 Å². The number of aromatic nitrogens is 3. The molecule has 0 atom stereocenters. The fourth-order valence-corrected chi connectivity index (χ4v) is 2.83. The van der Waals surface area contributed by atoms with Crippen LogP contribution in [0.15, 0.2) is 36.4 Å². The Morgan fingerprint density at radius 2 is 1.90 bits per heavy atom. The fraction of sp³-hybridized carbons (Fsp3) is 0.200. The maximum Gasteiger partial charge on any atom is 0.278 e. The average molecular weight is 416 g/mol.